The molecule has 7 nitrogen and oxygen atoms in total. The van der Waals surface area contributed by atoms with Crippen LogP contribution in [0.4, 0.5) is 5.69 Å². The van der Waals surface area contributed by atoms with Crippen LogP contribution in [0.25, 0.3) is 5.69 Å². The third-order valence-corrected chi connectivity index (χ3v) is 4.61. The molecule has 0 aliphatic carbocycles. The van der Waals surface area contributed by atoms with Gasteiger partial charge in [-0.3, -0.25) is 9.69 Å². The van der Waals surface area contributed by atoms with Crippen LogP contribution < -0.4 is 14.4 Å². The molecule has 3 heterocycles. The number of amides is 1. The molecule has 0 saturated heterocycles. The van der Waals surface area contributed by atoms with Crippen LogP contribution in [0.1, 0.15) is 21.6 Å². The zero-order valence-electron chi connectivity index (χ0n) is 15.5. The highest BCUT2D eigenvalue weighted by Crippen LogP contribution is 2.32. The van der Waals surface area contributed by atoms with Gasteiger partial charge in [-0.2, -0.15) is 5.10 Å². The Hall–Kier alpha value is -3.35. The molecule has 1 aliphatic rings. The van der Waals surface area contributed by atoms with E-state index in [1.807, 2.05) is 44.2 Å². The van der Waals surface area contributed by atoms with Gasteiger partial charge in [0.15, 0.2) is 0 Å². The Bertz CT molecular complexity index is 1010. The molecule has 0 spiro atoms. The van der Waals surface area contributed by atoms with Crippen molar-refractivity contribution in [2.75, 3.05) is 25.2 Å². The average Bonchev–Trinajstić information content (AvgIpc) is 3.08. The van der Waals surface area contributed by atoms with Crippen molar-refractivity contribution < 1.29 is 14.3 Å². The van der Waals surface area contributed by atoms with Gasteiger partial charge in [-0.1, -0.05) is 12.1 Å². The van der Waals surface area contributed by atoms with Gasteiger partial charge >= 0.3 is 0 Å². The van der Waals surface area contributed by atoms with E-state index < -0.39 is 0 Å². The van der Waals surface area contributed by atoms with E-state index in [0.717, 1.165) is 16.9 Å². The number of methoxy groups -OCH3 is 1. The largest absolute Gasteiger partial charge is 0.494 e. The van der Waals surface area contributed by atoms with Gasteiger partial charge in [0, 0.05) is 6.20 Å². The number of fused-ring (bicyclic) bond motifs is 1. The lowest BCUT2D eigenvalue weighted by Crippen LogP contribution is -2.38. The van der Waals surface area contributed by atoms with Gasteiger partial charge in [0.1, 0.15) is 23.7 Å². The van der Waals surface area contributed by atoms with Crippen LogP contribution in [0.15, 0.2) is 42.7 Å². The Kier molecular flexibility index (Phi) is 4.27. The number of nitrogens with zero attached hydrogens (tertiary/aromatic N) is 4. The van der Waals surface area contributed by atoms with Crippen LogP contribution in [0.3, 0.4) is 0 Å². The minimum absolute atomic E-state index is 0.120. The molecule has 0 saturated carbocycles. The Labute approximate surface area is 157 Å². The van der Waals surface area contributed by atoms with Crippen LogP contribution in [0.2, 0.25) is 0 Å². The Balaban J connectivity index is 1.73. The minimum Gasteiger partial charge on any atom is -0.494 e. The lowest BCUT2D eigenvalue weighted by atomic mass is 10.2. The van der Waals surface area contributed by atoms with Crippen LogP contribution >= 0.6 is 0 Å². The van der Waals surface area contributed by atoms with E-state index >= 15 is 0 Å². The van der Waals surface area contributed by atoms with E-state index in [1.54, 1.807) is 29.1 Å². The Morgan fingerprint density at radius 3 is 2.81 bits per heavy atom. The molecule has 27 heavy (non-hydrogen) atoms. The molecule has 0 bridgehead atoms. The molecule has 1 amide bonds. The molecule has 0 N–H and O–H groups in total. The van der Waals surface area contributed by atoms with Gasteiger partial charge in [-0.05, 0) is 37.6 Å². The fourth-order valence-electron chi connectivity index (χ4n) is 3.22. The van der Waals surface area contributed by atoms with Crippen molar-refractivity contribution in [3.05, 3.63) is 59.5 Å². The molecule has 1 aliphatic heterocycles. The molecule has 0 atom stereocenters. The summed E-state index contributed by atoms with van der Waals surface area (Å²) in [5, 5.41) is 4.43. The molecule has 4 rings (SSSR count). The van der Waals surface area contributed by atoms with Crippen molar-refractivity contribution in [1.29, 1.82) is 0 Å². The molecule has 0 unspecified atom stereocenters. The Morgan fingerprint density at radius 2 is 2.00 bits per heavy atom. The van der Waals surface area contributed by atoms with Crippen molar-refractivity contribution in [3.8, 4) is 17.3 Å². The number of carbonyl (C=O) groups excluding carboxylic acids is 1. The summed E-state index contributed by atoms with van der Waals surface area (Å²) in [5.41, 5.74) is 3.74. The van der Waals surface area contributed by atoms with E-state index in [1.165, 1.54) is 0 Å². The molecule has 7 heteroatoms. The van der Waals surface area contributed by atoms with Gasteiger partial charge in [0.2, 0.25) is 5.88 Å². The minimum atomic E-state index is -0.120. The third kappa shape index (κ3) is 2.91. The van der Waals surface area contributed by atoms with E-state index in [0.29, 0.717) is 36.0 Å². The number of benzene rings is 1. The number of aryl methyl sites for hydroxylation is 1. The fourth-order valence-corrected chi connectivity index (χ4v) is 3.22. The number of aromatic nitrogens is 3. The second-order valence-electron chi connectivity index (χ2n) is 6.37. The third-order valence-electron chi connectivity index (χ3n) is 4.61. The maximum Gasteiger partial charge on any atom is 0.262 e. The van der Waals surface area contributed by atoms with Crippen molar-refractivity contribution >= 4 is 11.6 Å². The first-order valence-electron chi connectivity index (χ1n) is 8.69. The molecular weight excluding hydrogens is 344 g/mol. The summed E-state index contributed by atoms with van der Waals surface area (Å²) < 4.78 is 12.7. The predicted molar refractivity (Wildman–Crippen MR) is 101 cm³/mol. The first-order valence-corrected chi connectivity index (χ1v) is 8.69. The van der Waals surface area contributed by atoms with E-state index in [4.69, 9.17) is 9.47 Å². The quantitative estimate of drug-likeness (QED) is 0.715. The maximum absolute atomic E-state index is 13.3. The Morgan fingerprint density at radius 1 is 1.19 bits per heavy atom. The predicted octanol–water partition coefficient (Wildman–Crippen LogP) is 2.93. The molecule has 138 valence electrons. The number of pyridine rings is 1. The second-order valence-corrected chi connectivity index (χ2v) is 6.37. The van der Waals surface area contributed by atoms with Crippen LogP contribution in [-0.4, -0.2) is 40.9 Å². The number of carbonyl (C=O) groups is 1. The number of ether oxygens (including phenoxy) is 2. The summed E-state index contributed by atoms with van der Waals surface area (Å²) in [6.45, 7) is 4.70. The van der Waals surface area contributed by atoms with Crippen LogP contribution in [-0.2, 0) is 0 Å². The first kappa shape index (κ1) is 17.1. The number of para-hydroxylation sites is 2. The number of anilines is 1. The second kappa shape index (κ2) is 6.75. The van der Waals surface area contributed by atoms with E-state index in [9.17, 15) is 4.79 Å². The van der Waals surface area contributed by atoms with E-state index in [2.05, 4.69) is 10.1 Å². The molecule has 2 aromatic heterocycles. The lowest BCUT2D eigenvalue weighted by Gasteiger charge is -2.28. The molecular formula is C20H20N4O3. The summed E-state index contributed by atoms with van der Waals surface area (Å²) in [5.74, 6) is 1.06. The van der Waals surface area contributed by atoms with Crippen molar-refractivity contribution in [2.45, 2.75) is 13.8 Å². The molecule has 3 aromatic rings. The van der Waals surface area contributed by atoms with E-state index in [-0.39, 0.29) is 5.91 Å². The highest BCUT2D eigenvalue weighted by Gasteiger charge is 2.28. The summed E-state index contributed by atoms with van der Waals surface area (Å²) >= 11 is 0. The molecule has 0 fully saturated rings. The summed E-state index contributed by atoms with van der Waals surface area (Å²) in [6, 6.07) is 9.49. The average molecular weight is 364 g/mol. The molecule has 0 radical (unpaired) electrons. The van der Waals surface area contributed by atoms with Gasteiger partial charge in [-0.15, -0.1) is 0 Å². The lowest BCUT2D eigenvalue weighted by molar-refractivity contribution is 0.0975. The van der Waals surface area contributed by atoms with Crippen molar-refractivity contribution in [2.24, 2.45) is 0 Å². The summed E-state index contributed by atoms with van der Waals surface area (Å²) in [6.07, 6.45) is 3.33. The van der Waals surface area contributed by atoms with Crippen LogP contribution in [0, 0.1) is 13.8 Å². The van der Waals surface area contributed by atoms with Gasteiger partial charge in [0.05, 0.1) is 31.1 Å². The van der Waals surface area contributed by atoms with Gasteiger partial charge in [-0.25, -0.2) is 9.67 Å². The highest BCUT2D eigenvalue weighted by molar-refractivity contribution is 6.07. The SMILES string of the molecule is COc1ccccc1-n1ncc(C(=O)N2CCOc3ncc(C)cc32)c1C. The zero-order valence-corrected chi connectivity index (χ0v) is 15.5. The van der Waals surface area contributed by atoms with Crippen molar-refractivity contribution in [1.82, 2.24) is 14.8 Å². The standard InChI is InChI=1S/C20H20N4O3/c1-13-10-17-19(21-11-13)27-9-8-23(17)20(25)15-12-22-24(14(15)2)16-6-4-5-7-18(16)26-3/h4-7,10-12H,8-9H2,1-3H3. The summed E-state index contributed by atoms with van der Waals surface area (Å²) in [7, 11) is 1.61. The number of rotatable bonds is 3. The smallest absolute Gasteiger partial charge is 0.262 e. The first-order chi connectivity index (χ1) is 13.1. The monoisotopic (exact) mass is 364 g/mol. The summed E-state index contributed by atoms with van der Waals surface area (Å²) in [4.78, 5) is 19.2. The normalized spacial score (nSPS) is 13.1. The zero-order chi connectivity index (χ0) is 19.0. The highest BCUT2D eigenvalue weighted by atomic mass is 16.5. The molecule has 1 aromatic carbocycles. The number of hydrogen-bond acceptors (Lipinski definition) is 5. The van der Waals surface area contributed by atoms with Crippen LogP contribution in [0.5, 0.6) is 11.6 Å². The van der Waals surface area contributed by atoms with Gasteiger partial charge in [0.25, 0.3) is 5.91 Å². The fraction of sp³-hybridized carbons (Fsp3) is 0.250. The number of hydrogen-bond donors (Lipinski definition) is 0. The van der Waals surface area contributed by atoms with Gasteiger partial charge < -0.3 is 9.47 Å². The topological polar surface area (TPSA) is 69.5 Å². The van der Waals surface area contributed by atoms with Crippen molar-refractivity contribution in [3.63, 3.8) is 0 Å². The maximum atomic E-state index is 13.3.